The Morgan fingerprint density at radius 3 is 3.09 bits per heavy atom. The van der Waals surface area contributed by atoms with Gasteiger partial charge in [-0.25, -0.2) is 0 Å². The van der Waals surface area contributed by atoms with Crippen molar-refractivity contribution in [2.45, 2.75) is 0 Å². The molecule has 0 saturated heterocycles. The number of ether oxygens (including phenoxy) is 1. The van der Waals surface area contributed by atoms with Gasteiger partial charge in [0.1, 0.15) is 6.26 Å². The van der Waals surface area contributed by atoms with Crippen LogP contribution in [0, 0.1) is 6.07 Å². The largest absolute Gasteiger partial charge is 0.479 e. The molecule has 55 valence electrons. The number of benzene rings is 1. The maximum atomic E-state index is 5.04. The fourth-order valence-electron chi connectivity index (χ4n) is 0.995. The highest BCUT2D eigenvalue weighted by atomic mass is 16.5. The standard InChI is InChI=1S/C9H8NO/c1-2-4-9(5-3-1)10-6-7-11-8-10/h1-4,6-7H,8H2. The normalized spacial score (nSPS) is 15.1. The van der Waals surface area contributed by atoms with Crippen LogP contribution in [0.25, 0.3) is 0 Å². The molecule has 1 aliphatic heterocycles. The minimum atomic E-state index is 0.598. The summed E-state index contributed by atoms with van der Waals surface area (Å²) in [6, 6.07) is 10.9. The van der Waals surface area contributed by atoms with Gasteiger partial charge in [0.05, 0.1) is 5.69 Å². The van der Waals surface area contributed by atoms with Crippen LogP contribution < -0.4 is 4.90 Å². The van der Waals surface area contributed by atoms with Crippen LogP contribution in [-0.4, -0.2) is 6.73 Å². The van der Waals surface area contributed by atoms with Crippen molar-refractivity contribution >= 4 is 5.69 Å². The zero-order valence-electron chi connectivity index (χ0n) is 6.03. The third-order valence-corrected chi connectivity index (χ3v) is 1.55. The molecule has 11 heavy (non-hydrogen) atoms. The Morgan fingerprint density at radius 1 is 1.45 bits per heavy atom. The highest BCUT2D eigenvalue weighted by molar-refractivity contribution is 5.47. The summed E-state index contributed by atoms with van der Waals surface area (Å²) >= 11 is 0. The van der Waals surface area contributed by atoms with E-state index < -0.39 is 0 Å². The molecule has 1 aromatic rings. The predicted molar refractivity (Wildman–Crippen MR) is 42.8 cm³/mol. The minimum absolute atomic E-state index is 0.598. The van der Waals surface area contributed by atoms with Gasteiger partial charge in [0, 0.05) is 12.3 Å². The second-order valence-electron chi connectivity index (χ2n) is 2.30. The molecular weight excluding hydrogens is 138 g/mol. The van der Waals surface area contributed by atoms with Crippen LogP contribution in [0.4, 0.5) is 5.69 Å². The van der Waals surface area contributed by atoms with Crippen LogP contribution in [0.5, 0.6) is 0 Å². The van der Waals surface area contributed by atoms with Gasteiger partial charge in [-0.15, -0.1) is 0 Å². The summed E-state index contributed by atoms with van der Waals surface area (Å²) < 4.78 is 5.04. The molecule has 0 atom stereocenters. The van der Waals surface area contributed by atoms with Gasteiger partial charge < -0.3 is 9.64 Å². The fraction of sp³-hybridized carbons (Fsp3) is 0.111. The lowest BCUT2D eigenvalue weighted by Crippen LogP contribution is -2.12. The number of anilines is 1. The highest BCUT2D eigenvalue weighted by Crippen LogP contribution is 2.15. The van der Waals surface area contributed by atoms with Crippen LogP contribution in [0.2, 0.25) is 0 Å². The second-order valence-corrected chi connectivity index (χ2v) is 2.30. The van der Waals surface area contributed by atoms with Crippen molar-refractivity contribution < 1.29 is 4.74 Å². The molecule has 0 spiro atoms. The third-order valence-electron chi connectivity index (χ3n) is 1.55. The maximum Gasteiger partial charge on any atom is 0.164 e. The van der Waals surface area contributed by atoms with Gasteiger partial charge in [-0.3, -0.25) is 0 Å². The molecule has 1 aliphatic rings. The predicted octanol–water partition coefficient (Wildman–Crippen LogP) is 1.75. The van der Waals surface area contributed by atoms with E-state index >= 15 is 0 Å². The van der Waals surface area contributed by atoms with E-state index in [2.05, 4.69) is 6.07 Å². The summed E-state index contributed by atoms with van der Waals surface area (Å²) in [7, 11) is 0. The molecule has 0 bridgehead atoms. The number of para-hydroxylation sites is 1. The molecule has 0 amide bonds. The molecule has 1 aromatic carbocycles. The lowest BCUT2D eigenvalue weighted by Gasteiger charge is -2.11. The van der Waals surface area contributed by atoms with Crippen molar-refractivity contribution in [2.75, 3.05) is 11.6 Å². The topological polar surface area (TPSA) is 12.5 Å². The lowest BCUT2D eigenvalue weighted by atomic mass is 10.3. The van der Waals surface area contributed by atoms with Crippen molar-refractivity contribution in [2.24, 2.45) is 0 Å². The summed E-state index contributed by atoms with van der Waals surface area (Å²) in [6.45, 7) is 0.598. The van der Waals surface area contributed by atoms with Gasteiger partial charge in [-0.2, -0.15) is 0 Å². The Morgan fingerprint density at radius 2 is 2.45 bits per heavy atom. The molecule has 0 aliphatic carbocycles. The first kappa shape index (κ1) is 6.28. The van der Waals surface area contributed by atoms with Gasteiger partial charge in [-0.1, -0.05) is 18.2 Å². The average Bonchev–Trinajstić information content (AvgIpc) is 2.58. The first-order chi connectivity index (χ1) is 5.47. The number of hydrogen-bond acceptors (Lipinski definition) is 2. The number of hydrogen-bond donors (Lipinski definition) is 0. The van der Waals surface area contributed by atoms with E-state index in [1.54, 1.807) is 6.26 Å². The number of nitrogens with zero attached hydrogens (tertiary/aromatic N) is 1. The van der Waals surface area contributed by atoms with Crippen molar-refractivity contribution in [3.63, 3.8) is 0 Å². The highest BCUT2D eigenvalue weighted by Gasteiger charge is 2.05. The van der Waals surface area contributed by atoms with Crippen LogP contribution in [-0.2, 0) is 4.74 Å². The van der Waals surface area contributed by atoms with Gasteiger partial charge in [-0.05, 0) is 6.07 Å². The van der Waals surface area contributed by atoms with E-state index in [4.69, 9.17) is 4.74 Å². The van der Waals surface area contributed by atoms with Crippen molar-refractivity contribution in [3.8, 4) is 0 Å². The van der Waals surface area contributed by atoms with E-state index in [0.29, 0.717) is 6.73 Å². The zero-order valence-corrected chi connectivity index (χ0v) is 6.03. The molecule has 0 aromatic heterocycles. The molecule has 0 N–H and O–H groups in total. The monoisotopic (exact) mass is 146 g/mol. The second kappa shape index (κ2) is 2.66. The Kier molecular flexibility index (Phi) is 1.52. The average molecular weight is 146 g/mol. The van der Waals surface area contributed by atoms with Gasteiger partial charge in [0.15, 0.2) is 6.73 Å². The van der Waals surface area contributed by atoms with Crippen molar-refractivity contribution in [1.82, 2.24) is 0 Å². The molecule has 0 unspecified atom stereocenters. The Balaban J connectivity index is 2.23. The third kappa shape index (κ3) is 1.19. The van der Waals surface area contributed by atoms with E-state index in [1.165, 1.54) is 0 Å². The lowest BCUT2D eigenvalue weighted by molar-refractivity contribution is 0.282. The fourth-order valence-corrected chi connectivity index (χ4v) is 0.995. The Hall–Kier alpha value is -1.44. The first-order valence-corrected chi connectivity index (χ1v) is 3.48. The molecule has 2 nitrogen and oxygen atoms in total. The van der Waals surface area contributed by atoms with Gasteiger partial charge in [0.25, 0.3) is 0 Å². The molecule has 0 saturated carbocycles. The Labute approximate surface area is 65.7 Å². The molecule has 2 heteroatoms. The van der Waals surface area contributed by atoms with E-state index in [-0.39, 0.29) is 0 Å². The van der Waals surface area contributed by atoms with E-state index in [9.17, 15) is 0 Å². The smallest absolute Gasteiger partial charge is 0.164 e. The molecule has 1 radical (unpaired) electrons. The van der Waals surface area contributed by atoms with Crippen LogP contribution in [0.1, 0.15) is 0 Å². The molecule has 1 heterocycles. The van der Waals surface area contributed by atoms with Gasteiger partial charge >= 0.3 is 0 Å². The minimum Gasteiger partial charge on any atom is -0.479 e. The Bertz CT molecular complexity index is 256. The maximum absolute atomic E-state index is 5.04. The summed E-state index contributed by atoms with van der Waals surface area (Å²) in [4.78, 5) is 1.99. The zero-order chi connectivity index (χ0) is 7.52. The SMILES string of the molecule is [c]1ccccc1N1C=COC1. The summed E-state index contributed by atoms with van der Waals surface area (Å²) in [5, 5.41) is 0. The van der Waals surface area contributed by atoms with Gasteiger partial charge in [0.2, 0.25) is 0 Å². The summed E-state index contributed by atoms with van der Waals surface area (Å²) in [6.07, 6.45) is 3.58. The van der Waals surface area contributed by atoms with E-state index in [1.807, 2.05) is 35.4 Å². The summed E-state index contributed by atoms with van der Waals surface area (Å²) in [5.41, 5.74) is 1.04. The van der Waals surface area contributed by atoms with Crippen LogP contribution in [0.15, 0.2) is 36.7 Å². The molecule has 2 rings (SSSR count). The molecular formula is C9H8NO. The van der Waals surface area contributed by atoms with Crippen LogP contribution in [0.3, 0.4) is 0 Å². The first-order valence-electron chi connectivity index (χ1n) is 3.48. The van der Waals surface area contributed by atoms with Crippen molar-refractivity contribution in [1.29, 1.82) is 0 Å². The number of rotatable bonds is 1. The summed E-state index contributed by atoms with van der Waals surface area (Å²) in [5.74, 6) is 0. The van der Waals surface area contributed by atoms with E-state index in [0.717, 1.165) is 5.69 Å². The molecule has 0 fully saturated rings. The van der Waals surface area contributed by atoms with Crippen molar-refractivity contribution in [3.05, 3.63) is 42.8 Å². The van der Waals surface area contributed by atoms with Crippen LogP contribution >= 0.6 is 0 Å². The quantitative estimate of drug-likeness (QED) is 0.598.